The number of hydrogen-bond donors (Lipinski definition) is 0. The van der Waals surface area contributed by atoms with Crippen LogP contribution >= 0.6 is 11.3 Å². The highest BCUT2D eigenvalue weighted by Crippen LogP contribution is 2.42. The van der Waals surface area contributed by atoms with Crippen LogP contribution in [0.25, 0.3) is 26.6 Å². The molecule has 6 nitrogen and oxygen atoms in total. The highest BCUT2D eigenvalue weighted by molar-refractivity contribution is 7.22. The SMILES string of the molecule is COc1cc(OC)c(-c2cc3ccccc3s2)cc1C=CC(=O)c1ccc(OC)c(OC)c1OC. The van der Waals surface area contributed by atoms with E-state index in [2.05, 4.69) is 18.2 Å². The molecule has 0 bridgehead atoms. The van der Waals surface area contributed by atoms with E-state index in [1.165, 1.54) is 32.1 Å². The number of ketones is 1. The zero-order valence-corrected chi connectivity index (χ0v) is 21.0. The van der Waals surface area contributed by atoms with E-state index in [0.717, 1.165) is 21.4 Å². The molecule has 0 radical (unpaired) electrons. The second-order valence-corrected chi connectivity index (χ2v) is 8.61. The number of hydrogen-bond acceptors (Lipinski definition) is 7. The third kappa shape index (κ3) is 4.68. The molecule has 1 aromatic heterocycles. The molecular formula is C28H26O6S. The first-order chi connectivity index (χ1) is 17.0. The Morgan fingerprint density at radius 3 is 2.11 bits per heavy atom. The second kappa shape index (κ2) is 10.5. The van der Waals surface area contributed by atoms with Crippen LogP contribution in [0.5, 0.6) is 28.7 Å². The number of methoxy groups -OCH3 is 5. The predicted molar refractivity (Wildman–Crippen MR) is 140 cm³/mol. The van der Waals surface area contributed by atoms with E-state index in [-0.39, 0.29) is 5.78 Å². The van der Waals surface area contributed by atoms with Crippen molar-refractivity contribution >= 4 is 33.3 Å². The first-order valence-electron chi connectivity index (χ1n) is 10.8. The summed E-state index contributed by atoms with van der Waals surface area (Å²) in [7, 11) is 7.74. The van der Waals surface area contributed by atoms with Crippen molar-refractivity contribution in [1.29, 1.82) is 0 Å². The molecule has 0 aliphatic heterocycles. The van der Waals surface area contributed by atoms with Gasteiger partial charge in [0.15, 0.2) is 17.3 Å². The largest absolute Gasteiger partial charge is 0.496 e. The Kier molecular flexibility index (Phi) is 7.27. The van der Waals surface area contributed by atoms with Gasteiger partial charge in [-0.15, -0.1) is 11.3 Å². The van der Waals surface area contributed by atoms with Gasteiger partial charge in [-0.3, -0.25) is 4.79 Å². The van der Waals surface area contributed by atoms with Crippen molar-refractivity contribution in [2.45, 2.75) is 0 Å². The van der Waals surface area contributed by atoms with Gasteiger partial charge in [-0.25, -0.2) is 0 Å². The molecule has 0 spiro atoms. The van der Waals surface area contributed by atoms with Crippen molar-refractivity contribution in [2.75, 3.05) is 35.5 Å². The molecule has 1 heterocycles. The first-order valence-corrected chi connectivity index (χ1v) is 11.6. The molecule has 0 amide bonds. The number of rotatable bonds is 9. The highest BCUT2D eigenvalue weighted by Gasteiger charge is 2.20. The van der Waals surface area contributed by atoms with Gasteiger partial charge < -0.3 is 23.7 Å². The van der Waals surface area contributed by atoms with E-state index < -0.39 is 0 Å². The molecule has 3 aromatic carbocycles. The maximum absolute atomic E-state index is 13.1. The van der Waals surface area contributed by atoms with Crippen LogP contribution in [0.2, 0.25) is 0 Å². The van der Waals surface area contributed by atoms with Crippen LogP contribution in [-0.4, -0.2) is 41.3 Å². The lowest BCUT2D eigenvalue weighted by atomic mass is 10.0. The van der Waals surface area contributed by atoms with Gasteiger partial charge in [-0.1, -0.05) is 18.2 Å². The minimum atomic E-state index is -0.246. The molecule has 35 heavy (non-hydrogen) atoms. The van der Waals surface area contributed by atoms with Crippen molar-refractivity contribution < 1.29 is 28.5 Å². The third-order valence-corrected chi connectivity index (χ3v) is 6.78. The van der Waals surface area contributed by atoms with Gasteiger partial charge in [-0.2, -0.15) is 0 Å². The van der Waals surface area contributed by atoms with Gasteiger partial charge in [0.25, 0.3) is 0 Å². The van der Waals surface area contributed by atoms with E-state index in [9.17, 15) is 4.79 Å². The van der Waals surface area contributed by atoms with Crippen LogP contribution in [0.1, 0.15) is 15.9 Å². The zero-order chi connectivity index (χ0) is 24.9. The zero-order valence-electron chi connectivity index (χ0n) is 20.2. The maximum atomic E-state index is 13.1. The summed E-state index contributed by atoms with van der Waals surface area (Å²) in [5.74, 6) is 2.20. The summed E-state index contributed by atoms with van der Waals surface area (Å²) >= 11 is 1.68. The molecule has 7 heteroatoms. The number of benzene rings is 3. The first kappa shape index (κ1) is 24.2. The van der Waals surface area contributed by atoms with E-state index in [0.29, 0.717) is 34.3 Å². The smallest absolute Gasteiger partial charge is 0.204 e. The van der Waals surface area contributed by atoms with E-state index >= 15 is 0 Å². The summed E-state index contributed by atoms with van der Waals surface area (Å²) < 4.78 is 28.6. The molecule has 0 unspecified atom stereocenters. The summed E-state index contributed by atoms with van der Waals surface area (Å²) in [6, 6.07) is 17.5. The normalized spacial score (nSPS) is 11.0. The average molecular weight is 491 g/mol. The van der Waals surface area contributed by atoms with Crippen molar-refractivity contribution in [1.82, 2.24) is 0 Å². The molecule has 4 aromatic rings. The molecule has 0 aliphatic rings. The topological polar surface area (TPSA) is 63.2 Å². The van der Waals surface area contributed by atoms with Crippen LogP contribution in [0.15, 0.2) is 60.7 Å². The highest BCUT2D eigenvalue weighted by atomic mass is 32.1. The van der Waals surface area contributed by atoms with Gasteiger partial charge in [0.2, 0.25) is 5.75 Å². The number of thiophene rings is 1. The lowest BCUT2D eigenvalue weighted by Gasteiger charge is -2.14. The predicted octanol–water partition coefficient (Wildman–Crippen LogP) is 6.51. The van der Waals surface area contributed by atoms with Crippen LogP contribution in [0.4, 0.5) is 0 Å². The number of ether oxygens (including phenoxy) is 5. The lowest BCUT2D eigenvalue weighted by Crippen LogP contribution is -2.03. The standard InChI is InChI=1S/C28H26O6S/c1-30-22-13-11-19(27(33-4)28(22)34-5)21(29)12-10-17-14-20(24(32-3)16-23(17)31-2)26-15-18-8-6-7-9-25(18)35-26/h6-16H,1-5H3. The number of carbonyl (C=O) groups excluding carboxylic acids is 1. The van der Waals surface area contributed by atoms with Crippen molar-refractivity contribution in [2.24, 2.45) is 0 Å². The van der Waals surface area contributed by atoms with Crippen molar-refractivity contribution in [3.05, 3.63) is 71.8 Å². The molecule has 0 saturated heterocycles. The summed E-state index contributed by atoms with van der Waals surface area (Å²) in [4.78, 5) is 14.2. The Balaban J connectivity index is 1.75. The van der Waals surface area contributed by atoms with Crippen molar-refractivity contribution in [3.63, 3.8) is 0 Å². The second-order valence-electron chi connectivity index (χ2n) is 7.52. The fourth-order valence-corrected chi connectivity index (χ4v) is 5.00. The Labute approximate surface area is 208 Å². The van der Waals surface area contributed by atoms with Crippen LogP contribution in [0, 0.1) is 0 Å². The van der Waals surface area contributed by atoms with Crippen LogP contribution in [0.3, 0.4) is 0 Å². The fraction of sp³-hybridized carbons (Fsp3) is 0.179. The Morgan fingerprint density at radius 2 is 1.46 bits per heavy atom. The lowest BCUT2D eigenvalue weighted by molar-refractivity contribution is 0.104. The Hall–Kier alpha value is -3.97. The van der Waals surface area contributed by atoms with Gasteiger partial charge in [0.05, 0.1) is 41.1 Å². The van der Waals surface area contributed by atoms with Gasteiger partial charge in [0.1, 0.15) is 11.5 Å². The van der Waals surface area contributed by atoms with Gasteiger partial charge >= 0.3 is 0 Å². The van der Waals surface area contributed by atoms with Crippen molar-refractivity contribution in [3.8, 4) is 39.2 Å². The van der Waals surface area contributed by atoms with E-state index in [1.807, 2.05) is 24.3 Å². The molecule has 0 fully saturated rings. The maximum Gasteiger partial charge on any atom is 0.204 e. The van der Waals surface area contributed by atoms with E-state index in [4.69, 9.17) is 23.7 Å². The molecule has 0 N–H and O–H groups in total. The number of allylic oxidation sites excluding steroid dienone is 1. The molecule has 180 valence electrons. The molecule has 0 saturated carbocycles. The summed E-state index contributed by atoms with van der Waals surface area (Å²) in [6.45, 7) is 0. The number of fused-ring (bicyclic) bond motifs is 1. The Morgan fingerprint density at radius 1 is 0.743 bits per heavy atom. The molecule has 0 atom stereocenters. The summed E-state index contributed by atoms with van der Waals surface area (Å²) in [6.07, 6.45) is 3.22. The molecule has 0 aliphatic carbocycles. The average Bonchev–Trinajstić information content (AvgIpc) is 3.34. The monoisotopic (exact) mass is 490 g/mol. The summed E-state index contributed by atoms with van der Waals surface area (Å²) in [5.41, 5.74) is 2.03. The minimum absolute atomic E-state index is 0.246. The quantitative estimate of drug-likeness (QED) is 0.197. The number of carbonyl (C=O) groups is 1. The third-order valence-electron chi connectivity index (χ3n) is 5.63. The minimum Gasteiger partial charge on any atom is -0.496 e. The van der Waals surface area contributed by atoms with E-state index in [1.54, 1.807) is 43.8 Å². The summed E-state index contributed by atoms with van der Waals surface area (Å²) in [5, 5.41) is 1.16. The molecular weight excluding hydrogens is 464 g/mol. The van der Waals surface area contributed by atoms with Crippen LogP contribution < -0.4 is 23.7 Å². The van der Waals surface area contributed by atoms with Gasteiger partial charge in [-0.05, 0) is 47.9 Å². The fourth-order valence-electron chi connectivity index (χ4n) is 3.91. The van der Waals surface area contributed by atoms with Crippen LogP contribution in [-0.2, 0) is 0 Å². The molecule has 4 rings (SSSR count). The van der Waals surface area contributed by atoms with Gasteiger partial charge in [0, 0.05) is 26.8 Å². The Bertz CT molecular complexity index is 1370.